The van der Waals surface area contributed by atoms with Gasteiger partial charge in [-0.25, -0.2) is 0 Å². The minimum Gasteiger partial charge on any atom is -0.351 e. The maximum Gasteiger partial charge on any atom is 0.265 e. The summed E-state index contributed by atoms with van der Waals surface area (Å²) in [5, 5.41) is 5.62. The van der Waals surface area contributed by atoms with Crippen molar-refractivity contribution >= 4 is 41.2 Å². The third-order valence-corrected chi connectivity index (χ3v) is 5.56. The van der Waals surface area contributed by atoms with Gasteiger partial charge in [0.1, 0.15) is 0 Å². The highest BCUT2D eigenvalue weighted by Gasteiger charge is 2.18. The summed E-state index contributed by atoms with van der Waals surface area (Å²) in [6, 6.07) is 9.04. The van der Waals surface area contributed by atoms with Crippen LogP contribution in [0.5, 0.6) is 0 Å². The van der Waals surface area contributed by atoms with Gasteiger partial charge in [0.05, 0.1) is 16.1 Å². The smallest absolute Gasteiger partial charge is 0.265 e. The van der Waals surface area contributed by atoms with Crippen molar-refractivity contribution < 1.29 is 9.59 Å². The van der Waals surface area contributed by atoms with Gasteiger partial charge in [-0.2, -0.15) is 0 Å². The van der Waals surface area contributed by atoms with Crippen LogP contribution < -0.4 is 16.4 Å². The maximum absolute atomic E-state index is 12.7. The molecule has 0 radical (unpaired) electrons. The number of amides is 2. The molecule has 0 saturated carbocycles. The molecule has 1 aromatic heterocycles. The fourth-order valence-corrected chi connectivity index (χ4v) is 4.18. The number of carbonyl (C=O) groups is 2. The van der Waals surface area contributed by atoms with E-state index in [4.69, 9.17) is 5.73 Å². The lowest BCUT2D eigenvalue weighted by Crippen LogP contribution is -2.29. The first-order chi connectivity index (χ1) is 12.2. The number of benzene rings is 1. The van der Waals surface area contributed by atoms with Crippen LogP contribution >= 0.6 is 23.7 Å². The molecular formula is C19H24ClN3O2S. The second-order valence-electron chi connectivity index (χ2n) is 6.16. The molecular weight excluding hydrogens is 370 g/mol. The number of nitrogens with two attached hydrogens (primary N) is 1. The van der Waals surface area contributed by atoms with Gasteiger partial charge < -0.3 is 16.4 Å². The van der Waals surface area contributed by atoms with E-state index in [-0.39, 0.29) is 24.2 Å². The van der Waals surface area contributed by atoms with E-state index in [1.807, 2.05) is 6.07 Å². The lowest BCUT2D eigenvalue weighted by Gasteiger charge is -2.10. The lowest BCUT2D eigenvalue weighted by atomic mass is 10.1. The van der Waals surface area contributed by atoms with E-state index in [2.05, 4.69) is 10.6 Å². The van der Waals surface area contributed by atoms with Crippen molar-refractivity contribution in [1.82, 2.24) is 5.32 Å². The Balaban J connectivity index is 0.00000243. The molecule has 1 aliphatic rings. The second kappa shape index (κ2) is 9.71. The predicted molar refractivity (Wildman–Crippen MR) is 109 cm³/mol. The third kappa shape index (κ3) is 4.84. The van der Waals surface area contributed by atoms with Crippen molar-refractivity contribution in [3.8, 4) is 0 Å². The molecule has 2 aromatic rings. The number of aryl methyl sites for hydroxylation is 2. The van der Waals surface area contributed by atoms with Gasteiger partial charge in [0.25, 0.3) is 11.8 Å². The first kappa shape index (κ1) is 20.4. The van der Waals surface area contributed by atoms with Crippen LogP contribution in [0, 0.1) is 0 Å². The number of rotatable bonds is 5. The van der Waals surface area contributed by atoms with Crippen LogP contribution in [0.15, 0.2) is 30.3 Å². The molecule has 0 spiro atoms. The summed E-state index contributed by atoms with van der Waals surface area (Å²) in [5.41, 5.74) is 7.70. The first-order valence-electron chi connectivity index (χ1n) is 8.69. The highest BCUT2D eigenvalue weighted by Crippen LogP contribution is 2.29. The largest absolute Gasteiger partial charge is 0.351 e. The molecule has 0 saturated heterocycles. The standard InChI is InChI=1S/C19H23N3O2S.ClH/c20-10-11-21-18(23)14-7-4-5-8-15(14)22-19(24)17-12-13-6-2-1-3-9-16(13)25-17;/h4-5,7-8,12H,1-3,6,9-11,20H2,(H,21,23)(H,22,24);1H. The van der Waals surface area contributed by atoms with Gasteiger partial charge in [-0.05, 0) is 49.4 Å². The molecule has 2 amide bonds. The quantitative estimate of drug-likeness (QED) is 0.681. The first-order valence-corrected chi connectivity index (χ1v) is 9.51. The molecule has 4 N–H and O–H groups in total. The Bertz CT molecular complexity index is 752. The summed E-state index contributed by atoms with van der Waals surface area (Å²) in [4.78, 5) is 26.9. The van der Waals surface area contributed by atoms with Gasteiger partial charge in [-0.15, -0.1) is 23.7 Å². The van der Waals surface area contributed by atoms with Crippen molar-refractivity contribution in [2.24, 2.45) is 5.73 Å². The summed E-state index contributed by atoms with van der Waals surface area (Å²) >= 11 is 1.58. The van der Waals surface area contributed by atoms with Gasteiger partial charge >= 0.3 is 0 Å². The summed E-state index contributed by atoms with van der Waals surface area (Å²) < 4.78 is 0. The Morgan fingerprint density at radius 3 is 2.65 bits per heavy atom. The van der Waals surface area contributed by atoms with Crippen LogP contribution in [0.3, 0.4) is 0 Å². The van der Waals surface area contributed by atoms with Crippen LogP contribution in [0.25, 0.3) is 0 Å². The third-order valence-electron chi connectivity index (χ3n) is 4.32. The average Bonchev–Trinajstić information content (AvgIpc) is 2.91. The van der Waals surface area contributed by atoms with Crippen LogP contribution in [0.1, 0.15) is 49.7 Å². The molecule has 0 atom stereocenters. The summed E-state index contributed by atoms with van der Waals surface area (Å²) in [5.74, 6) is -0.388. The zero-order chi connectivity index (χ0) is 17.6. The van der Waals surface area contributed by atoms with Crippen molar-refractivity contribution in [1.29, 1.82) is 0 Å². The maximum atomic E-state index is 12.7. The van der Waals surface area contributed by atoms with E-state index in [9.17, 15) is 9.59 Å². The summed E-state index contributed by atoms with van der Waals surface area (Å²) in [6.45, 7) is 0.778. The van der Waals surface area contributed by atoms with Gasteiger partial charge in [0.15, 0.2) is 0 Å². The highest BCUT2D eigenvalue weighted by molar-refractivity contribution is 7.14. The molecule has 1 aromatic carbocycles. The average molecular weight is 394 g/mol. The van der Waals surface area contributed by atoms with Crippen molar-refractivity contribution in [2.45, 2.75) is 32.1 Å². The molecule has 5 nitrogen and oxygen atoms in total. The van der Waals surface area contributed by atoms with Gasteiger partial charge in [-0.3, -0.25) is 9.59 Å². The number of halogens is 1. The number of carbonyl (C=O) groups excluding carboxylic acids is 2. The molecule has 1 aliphatic carbocycles. The van der Waals surface area contributed by atoms with Crippen molar-refractivity contribution in [2.75, 3.05) is 18.4 Å². The minimum atomic E-state index is -0.233. The number of para-hydroxylation sites is 1. The Morgan fingerprint density at radius 2 is 1.85 bits per heavy atom. The fraction of sp³-hybridized carbons (Fsp3) is 0.368. The number of thiophene rings is 1. The Hall–Kier alpha value is -1.89. The van der Waals surface area contributed by atoms with Crippen molar-refractivity contribution in [3.05, 3.63) is 51.2 Å². The van der Waals surface area contributed by atoms with E-state index in [0.29, 0.717) is 29.2 Å². The molecule has 7 heteroatoms. The minimum absolute atomic E-state index is 0. The van der Waals surface area contributed by atoms with Gasteiger partial charge in [-0.1, -0.05) is 18.6 Å². The lowest BCUT2D eigenvalue weighted by molar-refractivity contribution is 0.0955. The number of fused-ring (bicyclic) bond motifs is 1. The second-order valence-corrected chi connectivity index (χ2v) is 7.30. The van der Waals surface area contributed by atoms with E-state index in [0.717, 1.165) is 12.8 Å². The van der Waals surface area contributed by atoms with Gasteiger partial charge in [0, 0.05) is 18.0 Å². The Labute approximate surface area is 163 Å². The van der Waals surface area contributed by atoms with Gasteiger partial charge in [0.2, 0.25) is 0 Å². The number of anilines is 1. The van der Waals surface area contributed by atoms with Crippen LogP contribution in [-0.4, -0.2) is 24.9 Å². The van der Waals surface area contributed by atoms with Crippen LogP contribution in [0.4, 0.5) is 5.69 Å². The molecule has 1 heterocycles. The van der Waals surface area contributed by atoms with Crippen LogP contribution in [0.2, 0.25) is 0 Å². The number of nitrogens with one attached hydrogen (secondary N) is 2. The monoisotopic (exact) mass is 393 g/mol. The normalized spacial score (nSPS) is 13.1. The summed E-state index contributed by atoms with van der Waals surface area (Å²) in [7, 11) is 0. The molecule has 26 heavy (non-hydrogen) atoms. The van der Waals surface area contributed by atoms with E-state index < -0.39 is 0 Å². The Kier molecular flexibility index (Phi) is 7.63. The number of hydrogen-bond acceptors (Lipinski definition) is 4. The van der Waals surface area contributed by atoms with Crippen LogP contribution in [-0.2, 0) is 12.8 Å². The molecule has 0 unspecified atom stereocenters. The Morgan fingerprint density at radius 1 is 1.08 bits per heavy atom. The SMILES string of the molecule is Cl.NCCNC(=O)c1ccccc1NC(=O)c1cc2c(s1)CCCCC2. The molecule has 3 rings (SSSR count). The molecule has 0 fully saturated rings. The molecule has 0 bridgehead atoms. The van der Waals surface area contributed by atoms with E-state index in [1.165, 1.54) is 29.7 Å². The predicted octanol–water partition coefficient (Wildman–Crippen LogP) is 3.38. The fourth-order valence-electron chi connectivity index (χ4n) is 3.03. The highest BCUT2D eigenvalue weighted by atomic mass is 35.5. The van der Waals surface area contributed by atoms with E-state index in [1.54, 1.807) is 35.6 Å². The van der Waals surface area contributed by atoms with Crippen molar-refractivity contribution in [3.63, 3.8) is 0 Å². The van der Waals surface area contributed by atoms with E-state index >= 15 is 0 Å². The zero-order valence-electron chi connectivity index (χ0n) is 14.5. The number of hydrogen-bond donors (Lipinski definition) is 3. The molecule has 0 aliphatic heterocycles. The molecule has 140 valence electrons. The topological polar surface area (TPSA) is 84.2 Å². The summed E-state index contributed by atoms with van der Waals surface area (Å²) in [6.07, 6.45) is 5.75. The zero-order valence-corrected chi connectivity index (χ0v) is 16.2.